The van der Waals surface area contributed by atoms with Crippen molar-refractivity contribution in [2.24, 2.45) is 0 Å². The fourth-order valence-corrected chi connectivity index (χ4v) is 2.32. The molecule has 0 saturated heterocycles. The minimum absolute atomic E-state index is 0.284. The Hall–Kier alpha value is -2.52. The van der Waals surface area contributed by atoms with Crippen LogP contribution in [0.5, 0.6) is 11.5 Å². The van der Waals surface area contributed by atoms with E-state index in [4.69, 9.17) is 14.2 Å². The first-order chi connectivity index (χ1) is 10.5. The van der Waals surface area contributed by atoms with Crippen LogP contribution in [0.2, 0.25) is 0 Å². The lowest BCUT2D eigenvalue weighted by Gasteiger charge is -2.08. The zero-order chi connectivity index (χ0) is 16.0. The molecule has 0 aliphatic rings. The van der Waals surface area contributed by atoms with Gasteiger partial charge in [0.15, 0.2) is 0 Å². The lowest BCUT2D eigenvalue weighted by atomic mass is 10.1. The van der Waals surface area contributed by atoms with Crippen molar-refractivity contribution in [1.82, 2.24) is 0 Å². The molecule has 6 heteroatoms. The third-order valence-electron chi connectivity index (χ3n) is 2.77. The molecule has 5 nitrogen and oxygen atoms in total. The van der Waals surface area contributed by atoms with E-state index in [1.54, 1.807) is 42.5 Å². The van der Waals surface area contributed by atoms with Crippen LogP contribution in [0, 0.1) is 11.3 Å². The molecule has 2 aromatic carbocycles. The van der Waals surface area contributed by atoms with Gasteiger partial charge in [-0.15, -0.1) is 0 Å². The second-order valence-electron chi connectivity index (χ2n) is 4.67. The largest absolute Gasteiger partial charge is 0.493 e. The second kappa shape index (κ2) is 6.96. The van der Waals surface area contributed by atoms with E-state index in [0.717, 1.165) is 11.8 Å². The molecule has 0 radical (unpaired) electrons. The highest BCUT2D eigenvalue weighted by Crippen LogP contribution is 2.17. The molecule has 2 rings (SSSR count). The van der Waals surface area contributed by atoms with E-state index in [2.05, 4.69) is 6.07 Å². The maximum atomic E-state index is 11.1. The molecular formula is C16H15NO4S. The van der Waals surface area contributed by atoms with E-state index >= 15 is 0 Å². The molecule has 0 unspecified atom stereocenters. The molecule has 0 N–H and O–H groups in total. The lowest BCUT2D eigenvalue weighted by Crippen LogP contribution is -2.06. The van der Waals surface area contributed by atoms with Crippen LogP contribution in [-0.2, 0) is 16.5 Å². The van der Waals surface area contributed by atoms with E-state index in [1.807, 2.05) is 6.07 Å². The van der Waals surface area contributed by atoms with Gasteiger partial charge in [0.1, 0.15) is 11.5 Å². The topological polar surface area (TPSA) is 76.4 Å². The van der Waals surface area contributed by atoms with E-state index in [9.17, 15) is 8.42 Å². The summed E-state index contributed by atoms with van der Waals surface area (Å²) < 4.78 is 32.6. The van der Waals surface area contributed by atoms with Gasteiger partial charge < -0.3 is 8.92 Å². The standard InChI is InChI=1S/C16H15NO4S/c1-22(18,19)21-16-7-2-4-13(10-16)8-9-20-15-6-3-5-14(11-15)12-17/h2-7,10-11H,8-9H2,1H3. The molecule has 0 aliphatic carbocycles. The summed E-state index contributed by atoms with van der Waals surface area (Å²) in [6, 6.07) is 15.8. The molecule has 22 heavy (non-hydrogen) atoms. The zero-order valence-electron chi connectivity index (χ0n) is 12.0. The highest BCUT2D eigenvalue weighted by Gasteiger charge is 2.05. The minimum atomic E-state index is -3.53. The Morgan fingerprint density at radius 3 is 2.55 bits per heavy atom. The summed E-state index contributed by atoms with van der Waals surface area (Å²) >= 11 is 0. The molecule has 0 bridgehead atoms. The first kappa shape index (κ1) is 15.9. The van der Waals surface area contributed by atoms with Gasteiger partial charge in [-0.3, -0.25) is 0 Å². The van der Waals surface area contributed by atoms with Crippen molar-refractivity contribution in [1.29, 1.82) is 5.26 Å². The van der Waals surface area contributed by atoms with Gasteiger partial charge in [-0.05, 0) is 35.9 Å². The van der Waals surface area contributed by atoms with Crippen molar-refractivity contribution in [3.8, 4) is 17.6 Å². The van der Waals surface area contributed by atoms with Crippen LogP contribution in [0.4, 0.5) is 0 Å². The SMILES string of the molecule is CS(=O)(=O)Oc1cccc(CCOc2cccc(C#N)c2)c1. The monoisotopic (exact) mass is 317 g/mol. The number of ether oxygens (including phenoxy) is 1. The smallest absolute Gasteiger partial charge is 0.306 e. The molecule has 0 atom stereocenters. The fraction of sp³-hybridized carbons (Fsp3) is 0.188. The van der Waals surface area contributed by atoms with Crippen LogP contribution < -0.4 is 8.92 Å². The van der Waals surface area contributed by atoms with Crippen molar-refractivity contribution in [2.45, 2.75) is 6.42 Å². The first-order valence-corrected chi connectivity index (χ1v) is 8.39. The maximum absolute atomic E-state index is 11.1. The minimum Gasteiger partial charge on any atom is -0.493 e. The molecule has 0 aromatic heterocycles. The summed E-state index contributed by atoms with van der Waals surface area (Å²) in [6.07, 6.45) is 1.60. The molecular weight excluding hydrogens is 302 g/mol. The van der Waals surface area contributed by atoms with Crippen LogP contribution >= 0.6 is 0 Å². The number of nitrogens with zero attached hydrogens (tertiary/aromatic N) is 1. The van der Waals surface area contributed by atoms with Gasteiger partial charge in [0.2, 0.25) is 0 Å². The molecule has 2 aromatic rings. The van der Waals surface area contributed by atoms with Crippen molar-refractivity contribution < 1.29 is 17.3 Å². The average molecular weight is 317 g/mol. The van der Waals surface area contributed by atoms with Crippen LogP contribution in [0.25, 0.3) is 0 Å². The van der Waals surface area contributed by atoms with Gasteiger partial charge in [-0.1, -0.05) is 18.2 Å². The highest BCUT2D eigenvalue weighted by atomic mass is 32.2. The number of rotatable bonds is 6. The van der Waals surface area contributed by atoms with Gasteiger partial charge in [-0.25, -0.2) is 0 Å². The Morgan fingerprint density at radius 2 is 1.82 bits per heavy atom. The van der Waals surface area contributed by atoms with Gasteiger partial charge in [-0.2, -0.15) is 13.7 Å². The van der Waals surface area contributed by atoms with Gasteiger partial charge in [0.25, 0.3) is 0 Å². The van der Waals surface area contributed by atoms with Crippen LogP contribution in [0.1, 0.15) is 11.1 Å². The van der Waals surface area contributed by atoms with E-state index in [1.165, 1.54) is 0 Å². The van der Waals surface area contributed by atoms with Crippen molar-refractivity contribution in [3.63, 3.8) is 0 Å². The Labute approximate surface area is 129 Å². The Morgan fingerprint density at radius 1 is 1.09 bits per heavy atom. The highest BCUT2D eigenvalue weighted by molar-refractivity contribution is 7.86. The third-order valence-corrected chi connectivity index (χ3v) is 3.26. The van der Waals surface area contributed by atoms with Crippen LogP contribution in [0.15, 0.2) is 48.5 Å². The number of hydrogen-bond acceptors (Lipinski definition) is 5. The number of nitriles is 1. The number of hydrogen-bond donors (Lipinski definition) is 0. The van der Waals surface area contributed by atoms with E-state index in [-0.39, 0.29) is 5.75 Å². The molecule has 0 heterocycles. The van der Waals surface area contributed by atoms with Crippen LogP contribution in [-0.4, -0.2) is 21.3 Å². The summed E-state index contributed by atoms with van der Waals surface area (Å²) in [7, 11) is -3.53. The van der Waals surface area contributed by atoms with Gasteiger partial charge in [0, 0.05) is 6.42 Å². The zero-order valence-corrected chi connectivity index (χ0v) is 12.8. The molecule has 0 spiro atoms. The van der Waals surface area contributed by atoms with E-state index < -0.39 is 10.1 Å². The van der Waals surface area contributed by atoms with Crippen molar-refractivity contribution >= 4 is 10.1 Å². The first-order valence-electron chi connectivity index (χ1n) is 6.58. The third kappa shape index (κ3) is 5.11. The molecule has 0 amide bonds. The second-order valence-corrected chi connectivity index (χ2v) is 6.25. The van der Waals surface area contributed by atoms with E-state index in [0.29, 0.717) is 24.3 Å². The normalized spacial score (nSPS) is 10.7. The van der Waals surface area contributed by atoms with Crippen molar-refractivity contribution in [3.05, 3.63) is 59.7 Å². The Kier molecular flexibility index (Phi) is 5.02. The fourth-order valence-electron chi connectivity index (χ4n) is 1.87. The van der Waals surface area contributed by atoms with Crippen LogP contribution in [0.3, 0.4) is 0 Å². The average Bonchev–Trinajstić information content (AvgIpc) is 2.46. The summed E-state index contributed by atoms with van der Waals surface area (Å²) in [5, 5.41) is 8.82. The summed E-state index contributed by atoms with van der Waals surface area (Å²) in [5.74, 6) is 0.911. The Bertz CT molecular complexity index is 794. The molecule has 114 valence electrons. The summed E-state index contributed by atoms with van der Waals surface area (Å²) in [6.45, 7) is 0.414. The lowest BCUT2D eigenvalue weighted by molar-refractivity contribution is 0.322. The summed E-state index contributed by atoms with van der Waals surface area (Å²) in [4.78, 5) is 0. The predicted molar refractivity (Wildman–Crippen MR) is 82.3 cm³/mol. The quantitative estimate of drug-likeness (QED) is 0.765. The Balaban J connectivity index is 1.94. The molecule has 0 fully saturated rings. The number of benzene rings is 2. The molecule has 0 aliphatic heterocycles. The molecule has 0 saturated carbocycles. The maximum Gasteiger partial charge on any atom is 0.306 e. The van der Waals surface area contributed by atoms with Crippen molar-refractivity contribution in [2.75, 3.05) is 12.9 Å². The predicted octanol–water partition coefficient (Wildman–Crippen LogP) is 2.52. The summed E-state index contributed by atoms with van der Waals surface area (Å²) in [5.41, 5.74) is 1.44. The van der Waals surface area contributed by atoms with Gasteiger partial charge in [0.05, 0.1) is 24.5 Å². The van der Waals surface area contributed by atoms with Gasteiger partial charge >= 0.3 is 10.1 Å².